The minimum atomic E-state index is -0.335. The zero-order chi connectivity index (χ0) is 14.1. The molecule has 0 aliphatic carbocycles. The van der Waals surface area contributed by atoms with E-state index in [1.807, 2.05) is 12.1 Å². The van der Waals surface area contributed by atoms with E-state index < -0.39 is 0 Å². The Kier molecular flexibility index (Phi) is 3.15. The van der Waals surface area contributed by atoms with E-state index in [1.165, 1.54) is 0 Å². The molecule has 0 radical (unpaired) electrons. The van der Waals surface area contributed by atoms with E-state index in [0.717, 1.165) is 16.6 Å². The number of hydrogen-bond acceptors (Lipinski definition) is 4. The number of nitrogens with one attached hydrogen (secondary N) is 2. The normalized spacial score (nSPS) is 10.9. The summed E-state index contributed by atoms with van der Waals surface area (Å²) in [5, 5.41) is 11.1. The Morgan fingerprint density at radius 2 is 2.25 bits per heavy atom. The van der Waals surface area contributed by atoms with Gasteiger partial charge in [0.15, 0.2) is 0 Å². The molecule has 0 aliphatic rings. The highest BCUT2D eigenvalue weighted by atomic mass is 35.5. The lowest BCUT2D eigenvalue weighted by molar-refractivity contribution is 0.740. The van der Waals surface area contributed by atoms with Crippen molar-refractivity contribution in [1.29, 1.82) is 0 Å². The molecule has 102 valence electrons. The average Bonchev–Trinajstić information content (AvgIpc) is 2.94. The van der Waals surface area contributed by atoms with Gasteiger partial charge in [0.1, 0.15) is 5.82 Å². The number of H-pyrrole nitrogens is 1. The van der Waals surface area contributed by atoms with Crippen molar-refractivity contribution in [1.82, 2.24) is 19.7 Å². The van der Waals surface area contributed by atoms with Crippen LogP contribution in [-0.4, -0.2) is 26.8 Å². The van der Waals surface area contributed by atoms with Crippen LogP contribution in [0.25, 0.3) is 10.9 Å². The summed E-state index contributed by atoms with van der Waals surface area (Å²) in [6, 6.07) is 7.20. The standard InChI is InChI=1S/C13H12ClN5O/c1-15-12-10-3-2-8(14)6-11(10)19(13(20)17-12)7-9-4-5-16-18-9/h2-6H,7H2,1H3,(H,16,18)(H,15,17,20). The minimum absolute atomic E-state index is 0.335. The van der Waals surface area contributed by atoms with Crippen molar-refractivity contribution in [3.63, 3.8) is 0 Å². The smallest absolute Gasteiger partial charge is 0.350 e. The second kappa shape index (κ2) is 4.97. The summed E-state index contributed by atoms with van der Waals surface area (Å²) in [5.41, 5.74) is 1.22. The molecule has 0 spiro atoms. The number of aromatic amines is 1. The van der Waals surface area contributed by atoms with Gasteiger partial charge in [-0.3, -0.25) is 9.67 Å². The van der Waals surface area contributed by atoms with Gasteiger partial charge in [-0.15, -0.1) is 0 Å². The van der Waals surface area contributed by atoms with Crippen LogP contribution < -0.4 is 11.0 Å². The maximum absolute atomic E-state index is 12.2. The van der Waals surface area contributed by atoms with Crippen LogP contribution in [0.3, 0.4) is 0 Å². The van der Waals surface area contributed by atoms with Crippen LogP contribution >= 0.6 is 11.6 Å². The molecular weight excluding hydrogens is 278 g/mol. The highest BCUT2D eigenvalue weighted by Crippen LogP contribution is 2.23. The lowest BCUT2D eigenvalue weighted by atomic mass is 10.2. The fourth-order valence-corrected chi connectivity index (χ4v) is 2.30. The third-order valence-electron chi connectivity index (χ3n) is 3.07. The van der Waals surface area contributed by atoms with E-state index in [0.29, 0.717) is 17.4 Å². The quantitative estimate of drug-likeness (QED) is 0.772. The molecule has 0 amide bonds. The molecule has 20 heavy (non-hydrogen) atoms. The highest BCUT2D eigenvalue weighted by Gasteiger charge is 2.11. The Balaban J connectivity index is 2.27. The Bertz CT molecular complexity index is 809. The molecule has 7 heteroatoms. The first kappa shape index (κ1) is 12.7. The molecule has 0 unspecified atom stereocenters. The van der Waals surface area contributed by atoms with Crippen LogP contribution in [0.15, 0.2) is 35.3 Å². The lowest BCUT2D eigenvalue weighted by Gasteiger charge is -2.11. The van der Waals surface area contributed by atoms with E-state index in [9.17, 15) is 4.79 Å². The SMILES string of the molecule is CNc1nc(=O)n(Cc2ccn[nH]2)c2cc(Cl)ccc12. The molecule has 0 atom stereocenters. The summed E-state index contributed by atoms with van der Waals surface area (Å²) in [7, 11) is 1.73. The summed E-state index contributed by atoms with van der Waals surface area (Å²) < 4.78 is 1.57. The summed E-state index contributed by atoms with van der Waals surface area (Å²) in [5.74, 6) is 0.544. The van der Waals surface area contributed by atoms with Crippen LogP contribution in [0.2, 0.25) is 5.02 Å². The molecule has 6 nitrogen and oxygen atoms in total. The van der Waals surface area contributed by atoms with Crippen LogP contribution in [0, 0.1) is 0 Å². The molecule has 2 N–H and O–H groups in total. The second-order valence-electron chi connectivity index (χ2n) is 4.32. The van der Waals surface area contributed by atoms with Crippen LogP contribution in [-0.2, 0) is 6.54 Å². The van der Waals surface area contributed by atoms with Crippen molar-refractivity contribution in [3.05, 3.63) is 51.7 Å². The zero-order valence-electron chi connectivity index (χ0n) is 10.7. The van der Waals surface area contributed by atoms with Crippen molar-refractivity contribution in [2.24, 2.45) is 0 Å². The molecule has 1 aromatic carbocycles. The Hall–Kier alpha value is -2.34. The number of aromatic nitrogens is 4. The Morgan fingerprint density at radius 1 is 1.40 bits per heavy atom. The number of anilines is 1. The molecule has 0 saturated carbocycles. The summed E-state index contributed by atoms with van der Waals surface area (Å²) in [6.45, 7) is 0.368. The van der Waals surface area contributed by atoms with Gasteiger partial charge in [0.05, 0.1) is 17.8 Å². The number of rotatable bonds is 3. The molecule has 0 aliphatic heterocycles. The van der Waals surface area contributed by atoms with Gasteiger partial charge < -0.3 is 5.32 Å². The molecule has 3 aromatic rings. The molecule has 0 bridgehead atoms. The molecule has 2 aromatic heterocycles. The summed E-state index contributed by atoms with van der Waals surface area (Å²) in [6.07, 6.45) is 1.64. The van der Waals surface area contributed by atoms with Gasteiger partial charge in [-0.1, -0.05) is 11.6 Å². The maximum Gasteiger partial charge on any atom is 0.350 e. The molecule has 2 heterocycles. The lowest BCUT2D eigenvalue weighted by Crippen LogP contribution is -2.25. The van der Waals surface area contributed by atoms with Crippen molar-refractivity contribution < 1.29 is 0 Å². The van der Waals surface area contributed by atoms with Gasteiger partial charge in [-0.05, 0) is 24.3 Å². The van der Waals surface area contributed by atoms with Crippen molar-refractivity contribution >= 4 is 28.3 Å². The van der Waals surface area contributed by atoms with Crippen molar-refractivity contribution in [2.45, 2.75) is 6.54 Å². The van der Waals surface area contributed by atoms with Gasteiger partial charge in [-0.25, -0.2) is 4.79 Å². The van der Waals surface area contributed by atoms with Crippen LogP contribution in [0.1, 0.15) is 5.69 Å². The fraction of sp³-hybridized carbons (Fsp3) is 0.154. The first-order valence-electron chi connectivity index (χ1n) is 6.05. The minimum Gasteiger partial charge on any atom is -0.372 e. The monoisotopic (exact) mass is 289 g/mol. The van der Waals surface area contributed by atoms with E-state index in [1.54, 1.807) is 29.9 Å². The number of hydrogen-bond donors (Lipinski definition) is 2. The number of nitrogens with zero attached hydrogens (tertiary/aromatic N) is 3. The third-order valence-corrected chi connectivity index (χ3v) is 3.30. The number of halogens is 1. The first-order valence-corrected chi connectivity index (χ1v) is 6.43. The largest absolute Gasteiger partial charge is 0.372 e. The number of fused-ring (bicyclic) bond motifs is 1. The highest BCUT2D eigenvalue weighted by molar-refractivity contribution is 6.31. The number of benzene rings is 1. The van der Waals surface area contributed by atoms with Gasteiger partial charge >= 0.3 is 5.69 Å². The van der Waals surface area contributed by atoms with Crippen LogP contribution in [0.5, 0.6) is 0 Å². The predicted molar refractivity (Wildman–Crippen MR) is 78.2 cm³/mol. The van der Waals surface area contributed by atoms with Gasteiger partial charge in [0.2, 0.25) is 0 Å². The molecular formula is C13H12ClN5O. The third kappa shape index (κ3) is 2.14. The van der Waals surface area contributed by atoms with E-state index >= 15 is 0 Å². The van der Waals surface area contributed by atoms with Gasteiger partial charge in [0, 0.05) is 23.7 Å². The van der Waals surface area contributed by atoms with E-state index in [4.69, 9.17) is 11.6 Å². The first-order chi connectivity index (χ1) is 9.69. The average molecular weight is 290 g/mol. The van der Waals surface area contributed by atoms with Crippen LogP contribution in [0.4, 0.5) is 5.82 Å². The van der Waals surface area contributed by atoms with E-state index in [2.05, 4.69) is 20.5 Å². The Labute approximate surface area is 119 Å². The van der Waals surface area contributed by atoms with Gasteiger partial charge in [-0.2, -0.15) is 10.1 Å². The maximum atomic E-state index is 12.2. The van der Waals surface area contributed by atoms with Crippen molar-refractivity contribution in [2.75, 3.05) is 12.4 Å². The van der Waals surface area contributed by atoms with Crippen molar-refractivity contribution in [3.8, 4) is 0 Å². The predicted octanol–water partition coefficient (Wildman–Crippen LogP) is 1.86. The summed E-state index contributed by atoms with van der Waals surface area (Å²) in [4.78, 5) is 16.2. The fourth-order valence-electron chi connectivity index (χ4n) is 2.13. The Morgan fingerprint density at radius 3 is 2.95 bits per heavy atom. The van der Waals surface area contributed by atoms with E-state index in [-0.39, 0.29) is 5.69 Å². The topological polar surface area (TPSA) is 75.6 Å². The zero-order valence-corrected chi connectivity index (χ0v) is 11.5. The van der Waals surface area contributed by atoms with Gasteiger partial charge in [0.25, 0.3) is 0 Å². The molecule has 0 saturated heterocycles. The molecule has 3 rings (SSSR count). The summed E-state index contributed by atoms with van der Waals surface area (Å²) >= 11 is 6.04. The molecule has 0 fully saturated rings. The second-order valence-corrected chi connectivity index (χ2v) is 4.76.